The minimum atomic E-state index is -0.371. The Morgan fingerprint density at radius 2 is 2.20 bits per heavy atom. The Morgan fingerprint density at radius 3 is 2.70 bits per heavy atom. The first kappa shape index (κ1) is 7.95. The molecule has 1 rings (SSSR count). The molecule has 0 spiro atoms. The molecule has 60 valence electrons. The van der Waals surface area contributed by atoms with Gasteiger partial charge in [-0.25, -0.2) is 4.39 Å². The van der Waals surface area contributed by atoms with Gasteiger partial charge in [0.15, 0.2) is 0 Å². The van der Waals surface area contributed by atoms with Crippen LogP contribution < -0.4 is 5.73 Å². The standard InChI is InChI=1S/C7H14FNO/c8-1-2-10-7-3-6(4-7)5-9/h6-7H,1-5,9H2. The summed E-state index contributed by atoms with van der Waals surface area (Å²) in [6.45, 7) is 0.626. The van der Waals surface area contributed by atoms with E-state index in [0.29, 0.717) is 12.0 Å². The molecule has 0 atom stereocenters. The minimum absolute atomic E-state index is 0.252. The van der Waals surface area contributed by atoms with E-state index in [-0.39, 0.29) is 13.3 Å². The van der Waals surface area contributed by atoms with Crippen LogP contribution in [0.3, 0.4) is 0 Å². The quantitative estimate of drug-likeness (QED) is 0.635. The normalized spacial score (nSPS) is 31.8. The molecule has 0 aromatic rings. The van der Waals surface area contributed by atoms with Crippen LogP contribution >= 0.6 is 0 Å². The third-order valence-corrected chi connectivity index (χ3v) is 1.96. The van der Waals surface area contributed by atoms with E-state index in [1.807, 2.05) is 0 Å². The summed E-state index contributed by atoms with van der Waals surface area (Å²) < 4.78 is 16.7. The fourth-order valence-corrected chi connectivity index (χ4v) is 1.21. The van der Waals surface area contributed by atoms with Crippen molar-refractivity contribution < 1.29 is 9.13 Å². The molecule has 1 aliphatic carbocycles. The molecule has 2 nitrogen and oxygen atoms in total. The molecule has 0 aromatic heterocycles. The Labute approximate surface area is 60.5 Å². The number of ether oxygens (including phenoxy) is 1. The van der Waals surface area contributed by atoms with E-state index in [1.165, 1.54) is 0 Å². The second kappa shape index (κ2) is 3.88. The van der Waals surface area contributed by atoms with Gasteiger partial charge in [0, 0.05) is 0 Å². The number of nitrogens with two attached hydrogens (primary N) is 1. The summed E-state index contributed by atoms with van der Waals surface area (Å²) in [5, 5.41) is 0. The number of hydrogen-bond donors (Lipinski definition) is 1. The van der Waals surface area contributed by atoms with E-state index in [4.69, 9.17) is 10.5 Å². The van der Waals surface area contributed by atoms with Gasteiger partial charge in [-0.1, -0.05) is 0 Å². The molecule has 10 heavy (non-hydrogen) atoms. The highest BCUT2D eigenvalue weighted by Crippen LogP contribution is 2.28. The molecule has 0 saturated heterocycles. The van der Waals surface area contributed by atoms with Crippen molar-refractivity contribution in [2.24, 2.45) is 11.7 Å². The van der Waals surface area contributed by atoms with Crippen LogP contribution in [-0.2, 0) is 4.74 Å². The summed E-state index contributed by atoms with van der Waals surface area (Å²) >= 11 is 0. The summed E-state index contributed by atoms with van der Waals surface area (Å²) in [5.74, 6) is 0.629. The Hall–Kier alpha value is -0.150. The number of rotatable bonds is 4. The lowest BCUT2D eigenvalue weighted by molar-refractivity contribution is -0.0321. The van der Waals surface area contributed by atoms with Crippen LogP contribution in [0.2, 0.25) is 0 Å². The second-order valence-electron chi connectivity index (χ2n) is 2.75. The maximum absolute atomic E-state index is 11.5. The Bertz CT molecular complexity index is 90.9. The van der Waals surface area contributed by atoms with Crippen molar-refractivity contribution in [2.45, 2.75) is 18.9 Å². The molecule has 0 aromatic carbocycles. The predicted octanol–water partition coefficient (Wildman–Crippen LogP) is 0.710. The minimum Gasteiger partial charge on any atom is -0.375 e. The highest BCUT2D eigenvalue weighted by molar-refractivity contribution is 4.80. The van der Waals surface area contributed by atoms with Crippen LogP contribution in [0.15, 0.2) is 0 Å². The maximum atomic E-state index is 11.5. The second-order valence-corrected chi connectivity index (χ2v) is 2.75. The Kier molecular flexibility index (Phi) is 3.09. The fourth-order valence-electron chi connectivity index (χ4n) is 1.21. The molecule has 3 heteroatoms. The lowest BCUT2D eigenvalue weighted by Crippen LogP contribution is -2.36. The van der Waals surface area contributed by atoms with Crippen LogP contribution in [0.4, 0.5) is 4.39 Å². The van der Waals surface area contributed by atoms with Crippen LogP contribution in [0.5, 0.6) is 0 Å². The highest BCUT2D eigenvalue weighted by Gasteiger charge is 2.28. The zero-order chi connectivity index (χ0) is 7.40. The van der Waals surface area contributed by atoms with Crippen LogP contribution in [0, 0.1) is 5.92 Å². The number of hydrogen-bond acceptors (Lipinski definition) is 2. The van der Waals surface area contributed by atoms with E-state index in [1.54, 1.807) is 0 Å². The first-order valence-electron chi connectivity index (χ1n) is 3.74. The SMILES string of the molecule is NCC1CC(OCCF)C1. The molecular formula is C7H14FNO. The molecule has 0 heterocycles. The molecule has 1 aliphatic rings. The van der Waals surface area contributed by atoms with Gasteiger partial charge in [0.2, 0.25) is 0 Å². The van der Waals surface area contributed by atoms with Gasteiger partial charge >= 0.3 is 0 Å². The van der Waals surface area contributed by atoms with Crippen molar-refractivity contribution in [3.8, 4) is 0 Å². The molecule has 1 saturated carbocycles. The summed E-state index contributed by atoms with van der Waals surface area (Å²) in [7, 11) is 0. The first-order chi connectivity index (χ1) is 4.86. The van der Waals surface area contributed by atoms with E-state index < -0.39 is 0 Å². The monoisotopic (exact) mass is 147 g/mol. The zero-order valence-corrected chi connectivity index (χ0v) is 6.05. The number of alkyl halides is 1. The van der Waals surface area contributed by atoms with Gasteiger partial charge in [-0.15, -0.1) is 0 Å². The van der Waals surface area contributed by atoms with Crippen molar-refractivity contribution in [2.75, 3.05) is 19.8 Å². The van der Waals surface area contributed by atoms with E-state index >= 15 is 0 Å². The third kappa shape index (κ3) is 1.92. The van der Waals surface area contributed by atoms with Crippen molar-refractivity contribution >= 4 is 0 Å². The molecule has 0 amide bonds. The molecule has 0 bridgehead atoms. The van der Waals surface area contributed by atoms with E-state index in [0.717, 1.165) is 19.4 Å². The van der Waals surface area contributed by atoms with Crippen LogP contribution in [0.25, 0.3) is 0 Å². The average molecular weight is 147 g/mol. The lowest BCUT2D eigenvalue weighted by Gasteiger charge is -2.33. The molecule has 0 unspecified atom stereocenters. The molecular weight excluding hydrogens is 133 g/mol. The van der Waals surface area contributed by atoms with E-state index in [9.17, 15) is 4.39 Å². The van der Waals surface area contributed by atoms with Crippen molar-refractivity contribution in [1.82, 2.24) is 0 Å². The summed E-state index contributed by atoms with van der Waals surface area (Å²) in [6.07, 6.45) is 2.34. The first-order valence-corrected chi connectivity index (χ1v) is 3.74. The fraction of sp³-hybridized carbons (Fsp3) is 1.00. The zero-order valence-electron chi connectivity index (χ0n) is 6.05. The van der Waals surface area contributed by atoms with Crippen molar-refractivity contribution in [3.05, 3.63) is 0 Å². The van der Waals surface area contributed by atoms with Crippen molar-refractivity contribution in [1.29, 1.82) is 0 Å². The van der Waals surface area contributed by atoms with Gasteiger partial charge in [-0.05, 0) is 25.3 Å². The molecule has 0 aliphatic heterocycles. The van der Waals surface area contributed by atoms with Gasteiger partial charge in [0.1, 0.15) is 6.67 Å². The van der Waals surface area contributed by atoms with Gasteiger partial charge in [-0.2, -0.15) is 0 Å². The van der Waals surface area contributed by atoms with Crippen molar-refractivity contribution in [3.63, 3.8) is 0 Å². The third-order valence-electron chi connectivity index (χ3n) is 1.96. The lowest BCUT2D eigenvalue weighted by atomic mass is 9.82. The topological polar surface area (TPSA) is 35.2 Å². The molecule has 1 fully saturated rings. The van der Waals surface area contributed by atoms with Crippen LogP contribution in [-0.4, -0.2) is 25.9 Å². The van der Waals surface area contributed by atoms with Gasteiger partial charge in [-0.3, -0.25) is 0 Å². The average Bonchev–Trinajstić information content (AvgIpc) is 1.86. The Morgan fingerprint density at radius 1 is 1.50 bits per heavy atom. The largest absolute Gasteiger partial charge is 0.375 e. The molecule has 0 radical (unpaired) electrons. The van der Waals surface area contributed by atoms with Gasteiger partial charge in [0.25, 0.3) is 0 Å². The maximum Gasteiger partial charge on any atom is 0.113 e. The smallest absolute Gasteiger partial charge is 0.113 e. The summed E-state index contributed by atoms with van der Waals surface area (Å²) in [6, 6.07) is 0. The summed E-state index contributed by atoms with van der Waals surface area (Å²) in [5.41, 5.74) is 5.40. The van der Waals surface area contributed by atoms with Gasteiger partial charge in [0.05, 0.1) is 12.7 Å². The van der Waals surface area contributed by atoms with E-state index in [2.05, 4.69) is 0 Å². The highest BCUT2D eigenvalue weighted by atomic mass is 19.1. The number of halogens is 1. The molecule has 2 N–H and O–H groups in total. The predicted molar refractivity (Wildman–Crippen MR) is 37.5 cm³/mol. The summed E-state index contributed by atoms with van der Waals surface area (Å²) in [4.78, 5) is 0. The van der Waals surface area contributed by atoms with Gasteiger partial charge < -0.3 is 10.5 Å². The Balaban J connectivity index is 1.93. The van der Waals surface area contributed by atoms with Crippen LogP contribution in [0.1, 0.15) is 12.8 Å².